The minimum absolute atomic E-state index is 0.357. The zero-order valence-corrected chi connectivity index (χ0v) is 11.5. The van der Waals surface area contributed by atoms with E-state index < -0.39 is 11.6 Å². The highest BCUT2D eigenvalue weighted by atomic mass is 19.2. The lowest BCUT2D eigenvalue weighted by Gasteiger charge is -2.09. The molecule has 1 aromatic carbocycles. The van der Waals surface area contributed by atoms with E-state index in [9.17, 15) is 8.78 Å². The molecule has 106 valence electrons. The molecule has 4 rings (SSSR count). The van der Waals surface area contributed by atoms with E-state index in [1.165, 1.54) is 12.1 Å². The van der Waals surface area contributed by atoms with Crippen molar-refractivity contribution in [3.05, 3.63) is 47.8 Å². The van der Waals surface area contributed by atoms with Crippen molar-refractivity contribution in [2.75, 3.05) is 0 Å². The van der Waals surface area contributed by atoms with Gasteiger partial charge in [-0.15, -0.1) is 0 Å². The van der Waals surface area contributed by atoms with Crippen LogP contribution in [0, 0.1) is 18.6 Å². The number of fused-ring (bicyclic) bond motifs is 1. The monoisotopic (exact) mass is 285 g/mol. The Morgan fingerprint density at radius 1 is 1.10 bits per heavy atom. The van der Waals surface area contributed by atoms with Crippen LogP contribution in [0.4, 0.5) is 8.78 Å². The van der Waals surface area contributed by atoms with Crippen molar-refractivity contribution < 1.29 is 8.78 Å². The van der Waals surface area contributed by atoms with Gasteiger partial charge >= 0.3 is 0 Å². The highest BCUT2D eigenvalue weighted by Crippen LogP contribution is 2.42. The van der Waals surface area contributed by atoms with Crippen molar-refractivity contribution in [3.63, 3.8) is 0 Å². The third kappa shape index (κ3) is 2.00. The second kappa shape index (κ2) is 4.35. The fourth-order valence-corrected chi connectivity index (χ4v) is 2.78. The third-order valence-corrected chi connectivity index (χ3v) is 3.87. The molecule has 0 aliphatic heterocycles. The Kier molecular flexibility index (Phi) is 2.58. The van der Waals surface area contributed by atoms with Gasteiger partial charge in [-0.2, -0.15) is 10.2 Å². The predicted molar refractivity (Wildman–Crippen MR) is 75.9 cm³/mol. The second-order valence-corrected chi connectivity index (χ2v) is 5.54. The summed E-state index contributed by atoms with van der Waals surface area (Å²) < 4.78 is 29.1. The molecule has 0 bridgehead atoms. The molecule has 0 radical (unpaired) electrons. The van der Waals surface area contributed by atoms with E-state index in [0.29, 0.717) is 11.4 Å². The summed E-state index contributed by atoms with van der Waals surface area (Å²) in [5, 5.41) is 8.65. The summed E-state index contributed by atoms with van der Waals surface area (Å²) in [6.07, 6.45) is 3.81. The van der Waals surface area contributed by atoms with Crippen LogP contribution in [0.15, 0.2) is 30.5 Å². The lowest BCUT2D eigenvalue weighted by molar-refractivity contribution is 0.510. The summed E-state index contributed by atoms with van der Waals surface area (Å²) in [7, 11) is 0. The molecular weight excluding hydrogens is 272 g/mol. The first kappa shape index (κ1) is 12.4. The van der Waals surface area contributed by atoms with Gasteiger partial charge in [0.2, 0.25) is 0 Å². The Labute approximate surface area is 120 Å². The molecule has 3 nitrogen and oxygen atoms in total. The van der Waals surface area contributed by atoms with Gasteiger partial charge in [0.25, 0.3) is 0 Å². The van der Waals surface area contributed by atoms with E-state index in [1.807, 2.05) is 19.1 Å². The number of aryl methyl sites for hydroxylation is 1. The maximum atomic E-state index is 13.6. The van der Waals surface area contributed by atoms with Gasteiger partial charge in [0.15, 0.2) is 11.6 Å². The molecule has 1 fully saturated rings. The maximum absolute atomic E-state index is 13.6. The van der Waals surface area contributed by atoms with E-state index in [-0.39, 0.29) is 0 Å². The largest absolute Gasteiger partial charge is 0.337 e. The summed E-state index contributed by atoms with van der Waals surface area (Å²) in [6.45, 7) is 1.87. The average Bonchev–Trinajstić information content (AvgIpc) is 3.22. The minimum Gasteiger partial charge on any atom is -0.337 e. The molecule has 1 saturated carbocycles. The normalized spacial score (nSPS) is 14.8. The van der Waals surface area contributed by atoms with E-state index in [4.69, 9.17) is 0 Å². The lowest BCUT2D eigenvalue weighted by atomic mass is 10.2. The fraction of sp³-hybridized carbons (Fsp3) is 0.250. The van der Waals surface area contributed by atoms with Crippen molar-refractivity contribution in [1.29, 1.82) is 0 Å². The lowest BCUT2D eigenvalue weighted by Crippen LogP contribution is -1.98. The molecule has 0 spiro atoms. The van der Waals surface area contributed by atoms with Gasteiger partial charge < -0.3 is 4.57 Å². The van der Waals surface area contributed by atoms with E-state index in [1.54, 1.807) is 6.20 Å². The van der Waals surface area contributed by atoms with Crippen LogP contribution in [-0.4, -0.2) is 14.8 Å². The van der Waals surface area contributed by atoms with Crippen LogP contribution in [0.5, 0.6) is 0 Å². The molecule has 0 unspecified atom stereocenters. The van der Waals surface area contributed by atoms with Gasteiger partial charge in [0.1, 0.15) is 0 Å². The molecule has 0 atom stereocenters. The maximum Gasteiger partial charge on any atom is 0.160 e. The van der Waals surface area contributed by atoms with Crippen LogP contribution < -0.4 is 0 Å². The van der Waals surface area contributed by atoms with Crippen molar-refractivity contribution in [3.8, 4) is 11.3 Å². The molecule has 2 heterocycles. The van der Waals surface area contributed by atoms with Gasteiger partial charge in [0.05, 0.1) is 23.1 Å². The molecule has 1 aliphatic rings. The zero-order chi connectivity index (χ0) is 14.6. The molecule has 0 amide bonds. The van der Waals surface area contributed by atoms with Crippen molar-refractivity contribution in [2.24, 2.45) is 0 Å². The number of nitrogens with zero attached hydrogens (tertiary/aromatic N) is 3. The number of benzene rings is 1. The van der Waals surface area contributed by atoms with Crippen molar-refractivity contribution >= 4 is 10.9 Å². The number of rotatable bonds is 2. The second-order valence-electron chi connectivity index (χ2n) is 5.54. The molecule has 2 aromatic heterocycles. The SMILES string of the molecule is Cc1cc(-c2cc3cc(F)c(F)cc3n2C2CC2)cnn1. The first-order chi connectivity index (χ1) is 10.1. The van der Waals surface area contributed by atoms with Crippen molar-refractivity contribution in [2.45, 2.75) is 25.8 Å². The smallest absolute Gasteiger partial charge is 0.160 e. The van der Waals surface area contributed by atoms with Gasteiger partial charge in [-0.25, -0.2) is 8.78 Å². The first-order valence-corrected chi connectivity index (χ1v) is 6.93. The molecule has 0 saturated heterocycles. The van der Waals surface area contributed by atoms with Gasteiger partial charge in [-0.3, -0.25) is 0 Å². The molecular formula is C16H13F2N3. The Morgan fingerprint density at radius 2 is 1.86 bits per heavy atom. The fourth-order valence-electron chi connectivity index (χ4n) is 2.78. The predicted octanol–water partition coefficient (Wildman–Crippen LogP) is 4.02. The van der Waals surface area contributed by atoms with E-state index in [0.717, 1.165) is 35.3 Å². The topological polar surface area (TPSA) is 30.7 Å². The van der Waals surface area contributed by atoms with Crippen LogP contribution in [0.3, 0.4) is 0 Å². The van der Waals surface area contributed by atoms with Crippen LogP contribution >= 0.6 is 0 Å². The van der Waals surface area contributed by atoms with Gasteiger partial charge in [-0.05, 0) is 38.0 Å². The Bertz CT molecular complexity index is 850. The van der Waals surface area contributed by atoms with Crippen LogP contribution in [0.25, 0.3) is 22.2 Å². The van der Waals surface area contributed by atoms with Crippen LogP contribution in [-0.2, 0) is 0 Å². The standard InChI is InChI=1S/C16H13F2N3/c1-9-4-11(8-19-20-9)15-6-10-5-13(17)14(18)7-16(10)21(15)12-2-3-12/h4-8,12H,2-3H2,1H3. The van der Waals surface area contributed by atoms with Crippen molar-refractivity contribution in [1.82, 2.24) is 14.8 Å². The highest BCUT2D eigenvalue weighted by molar-refractivity contribution is 5.87. The quantitative estimate of drug-likeness (QED) is 0.712. The van der Waals surface area contributed by atoms with E-state index in [2.05, 4.69) is 14.8 Å². The molecule has 5 heteroatoms. The number of hydrogen-bond acceptors (Lipinski definition) is 2. The number of aromatic nitrogens is 3. The summed E-state index contributed by atoms with van der Waals surface area (Å²) in [4.78, 5) is 0. The molecule has 3 aromatic rings. The zero-order valence-electron chi connectivity index (χ0n) is 11.5. The summed E-state index contributed by atoms with van der Waals surface area (Å²) >= 11 is 0. The van der Waals surface area contributed by atoms with Gasteiger partial charge in [0, 0.05) is 23.1 Å². The van der Waals surface area contributed by atoms with Crippen LogP contribution in [0.1, 0.15) is 24.6 Å². The Balaban J connectivity index is 2.02. The number of hydrogen-bond donors (Lipinski definition) is 0. The summed E-state index contributed by atoms with van der Waals surface area (Å²) in [5.74, 6) is -1.62. The summed E-state index contributed by atoms with van der Waals surface area (Å²) in [5.41, 5.74) is 3.42. The Morgan fingerprint density at radius 3 is 2.57 bits per heavy atom. The first-order valence-electron chi connectivity index (χ1n) is 6.93. The van der Waals surface area contributed by atoms with Gasteiger partial charge in [-0.1, -0.05) is 0 Å². The molecule has 0 N–H and O–H groups in total. The minimum atomic E-state index is -0.814. The average molecular weight is 285 g/mol. The Hall–Kier alpha value is -2.30. The van der Waals surface area contributed by atoms with Crippen LogP contribution in [0.2, 0.25) is 0 Å². The molecule has 1 aliphatic carbocycles. The third-order valence-electron chi connectivity index (χ3n) is 3.87. The molecule has 21 heavy (non-hydrogen) atoms. The highest BCUT2D eigenvalue weighted by Gasteiger charge is 2.28. The number of halogens is 2. The summed E-state index contributed by atoms with van der Waals surface area (Å²) in [6, 6.07) is 6.73. The van der Waals surface area contributed by atoms with E-state index >= 15 is 0 Å².